The van der Waals surface area contributed by atoms with Gasteiger partial charge >= 0.3 is 5.97 Å². The number of carbonyl (C=O) groups excluding carboxylic acids is 1. The van der Waals surface area contributed by atoms with Gasteiger partial charge in [0.1, 0.15) is 5.75 Å². The highest BCUT2D eigenvalue weighted by Gasteiger charge is 2.22. The van der Waals surface area contributed by atoms with Crippen molar-refractivity contribution >= 4 is 18.4 Å². The normalized spacial score (nSPS) is 11.6. The van der Waals surface area contributed by atoms with Gasteiger partial charge in [0.05, 0.1) is 20.1 Å². The summed E-state index contributed by atoms with van der Waals surface area (Å²) in [4.78, 5) is 13.7. The van der Waals surface area contributed by atoms with Crippen LogP contribution in [0.2, 0.25) is 0 Å². The molecule has 0 saturated heterocycles. The van der Waals surface area contributed by atoms with Crippen molar-refractivity contribution in [2.75, 3.05) is 34.9 Å². The van der Waals surface area contributed by atoms with Crippen molar-refractivity contribution in [3.05, 3.63) is 29.8 Å². The molecule has 0 aromatic heterocycles. The van der Waals surface area contributed by atoms with Crippen LogP contribution in [0.3, 0.4) is 0 Å². The van der Waals surface area contributed by atoms with E-state index in [2.05, 4.69) is 0 Å². The highest BCUT2D eigenvalue weighted by molar-refractivity contribution is 5.85. The number of hydrogen-bond acceptors (Lipinski definition) is 4. The zero-order chi connectivity index (χ0) is 12.8. The fraction of sp³-hybridized carbons (Fsp3) is 0.462. The van der Waals surface area contributed by atoms with E-state index < -0.39 is 0 Å². The Bertz CT molecular complexity index is 365. The van der Waals surface area contributed by atoms with Crippen LogP contribution >= 0.6 is 12.4 Å². The number of likely N-dealkylation sites (N-methyl/N-ethyl adjacent to an activating group) is 1. The van der Waals surface area contributed by atoms with Crippen molar-refractivity contribution in [1.82, 2.24) is 4.90 Å². The minimum Gasteiger partial charge on any atom is -0.497 e. The molecule has 0 aliphatic carbocycles. The zero-order valence-electron chi connectivity index (χ0n) is 11.2. The third-order valence-corrected chi connectivity index (χ3v) is 2.55. The average Bonchev–Trinajstić information content (AvgIpc) is 2.35. The number of rotatable bonds is 5. The van der Waals surface area contributed by atoms with Crippen molar-refractivity contribution in [2.45, 2.75) is 5.92 Å². The standard InChI is InChI=1S/C13H19NO3.ClH/c1-14(2)9-12(13(15)17-4)10-5-7-11(16-3)8-6-10;/h5-8,12H,9H2,1-4H3;1H/t12-;/m1./s1. The molecule has 1 rings (SSSR count). The number of nitrogens with zero attached hydrogens (tertiary/aromatic N) is 1. The van der Waals surface area contributed by atoms with Gasteiger partial charge in [0.25, 0.3) is 0 Å². The van der Waals surface area contributed by atoms with Crippen LogP contribution in [0.1, 0.15) is 11.5 Å². The molecule has 0 N–H and O–H groups in total. The first-order chi connectivity index (χ1) is 8.08. The van der Waals surface area contributed by atoms with Gasteiger partial charge in [-0.05, 0) is 31.8 Å². The van der Waals surface area contributed by atoms with E-state index in [0.717, 1.165) is 11.3 Å². The Hall–Kier alpha value is -1.26. The molecule has 0 aliphatic rings. The van der Waals surface area contributed by atoms with E-state index in [1.165, 1.54) is 7.11 Å². The first-order valence-electron chi connectivity index (χ1n) is 5.45. The number of carbonyl (C=O) groups is 1. The van der Waals surface area contributed by atoms with Crippen LogP contribution in [-0.4, -0.2) is 45.7 Å². The second-order valence-electron chi connectivity index (χ2n) is 4.11. The summed E-state index contributed by atoms with van der Waals surface area (Å²) in [6.45, 7) is 0.624. The molecule has 1 aromatic carbocycles. The summed E-state index contributed by atoms with van der Waals surface area (Å²) >= 11 is 0. The van der Waals surface area contributed by atoms with Crippen LogP contribution in [0.5, 0.6) is 5.75 Å². The minimum absolute atomic E-state index is 0. The largest absolute Gasteiger partial charge is 0.497 e. The Balaban J connectivity index is 0.00000289. The highest BCUT2D eigenvalue weighted by atomic mass is 35.5. The van der Waals surface area contributed by atoms with Crippen LogP contribution < -0.4 is 4.74 Å². The number of benzene rings is 1. The fourth-order valence-corrected chi connectivity index (χ4v) is 1.66. The predicted molar refractivity (Wildman–Crippen MR) is 73.6 cm³/mol. The average molecular weight is 274 g/mol. The summed E-state index contributed by atoms with van der Waals surface area (Å²) in [6.07, 6.45) is 0. The molecule has 0 saturated carbocycles. The lowest BCUT2D eigenvalue weighted by Crippen LogP contribution is -2.27. The Morgan fingerprint density at radius 2 is 1.78 bits per heavy atom. The molecule has 0 aliphatic heterocycles. The highest BCUT2D eigenvalue weighted by Crippen LogP contribution is 2.21. The van der Waals surface area contributed by atoms with Gasteiger partial charge in [0.15, 0.2) is 0 Å². The van der Waals surface area contributed by atoms with Crippen LogP contribution in [0, 0.1) is 0 Å². The van der Waals surface area contributed by atoms with E-state index in [1.54, 1.807) is 7.11 Å². The Labute approximate surface area is 114 Å². The first-order valence-corrected chi connectivity index (χ1v) is 5.45. The van der Waals surface area contributed by atoms with Gasteiger partial charge in [0, 0.05) is 6.54 Å². The summed E-state index contributed by atoms with van der Waals surface area (Å²) < 4.78 is 9.92. The van der Waals surface area contributed by atoms with Crippen molar-refractivity contribution < 1.29 is 14.3 Å². The van der Waals surface area contributed by atoms with Crippen LogP contribution in [0.4, 0.5) is 0 Å². The smallest absolute Gasteiger partial charge is 0.314 e. The maximum atomic E-state index is 11.7. The van der Waals surface area contributed by atoms with E-state index in [0.29, 0.717) is 6.54 Å². The van der Waals surface area contributed by atoms with E-state index in [4.69, 9.17) is 9.47 Å². The molecule has 0 radical (unpaired) electrons. The van der Waals surface area contributed by atoms with Gasteiger partial charge in [-0.25, -0.2) is 0 Å². The molecule has 0 spiro atoms. The molecule has 102 valence electrons. The van der Waals surface area contributed by atoms with E-state index in [-0.39, 0.29) is 24.3 Å². The number of halogens is 1. The summed E-state index contributed by atoms with van der Waals surface area (Å²) in [5.74, 6) is 0.298. The molecule has 0 amide bonds. The lowest BCUT2D eigenvalue weighted by Gasteiger charge is -2.19. The molecular formula is C13H20ClNO3. The maximum absolute atomic E-state index is 11.7. The fourth-order valence-electron chi connectivity index (χ4n) is 1.66. The summed E-state index contributed by atoms with van der Waals surface area (Å²) in [6, 6.07) is 7.48. The van der Waals surface area contributed by atoms with E-state index in [9.17, 15) is 4.79 Å². The molecule has 0 fully saturated rings. The Morgan fingerprint density at radius 3 is 2.17 bits per heavy atom. The molecule has 1 atom stereocenters. The van der Waals surface area contributed by atoms with Gasteiger partial charge in [0.2, 0.25) is 0 Å². The number of hydrogen-bond donors (Lipinski definition) is 0. The number of ether oxygens (including phenoxy) is 2. The van der Waals surface area contributed by atoms with Crippen LogP contribution in [0.15, 0.2) is 24.3 Å². The number of esters is 1. The van der Waals surface area contributed by atoms with Crippen molar-refractivity contribution in [1.29, 1.82) is 0 Å². The lowest BCUT2D eigenvalue weighted by atomic mass is 9.99. The summed E-state index contributed by atoms with van der Waals surface area (Å²) in [7, 11) is 6.89. The molecular weight excluding hydrogens is 254 g/mol. The molecule has 0 heterocycles. The predicted octanol–water partition coefficient (Wildman–Crippen LogP) is 1.94. The first kappa shape index (κ1) is 16.7. The van der Waals surface area contributed by atoms with E-state index in [1.807, 2.05) is 43.3 Å². The molecule has 0 bridgehead atoms. The molecule has 0 unspecified atom stereocenters. The quantitative estimate of drug-likeness (QED) is 0.769. The summed E-state index contributed by atoms with van der Waals surface area (Å²) in [5.41, 5.74) is 0.936. The summed E-state index contributed by atoms with van der Waals surface area (Å²) in [5, 5.41) is 0. The topological polar surface area (TPSA) is 38.8 Å². The van der Waals surface area contributed by atoms with E-state index >= 15 is 0 Å². The number of methoxy groups -OCH3 is 2. The molecule has 5 heteroatoms. The van der Waals surface area contributed by atoms with Gasteiger partial charge in [-0.2, -0.15) is 0 Å². The molecule has 1 aromatic rings. The third-order valence-electron chi connectivity index (χ3n) is 2.55. The Kier molecular flexibility index (Phi) is 7.39. The molecule has 4 nitrogen and oxygen atoms in total. The van der Waals surface area contributed by atoms with Crippen LogP contribution in [-0.2, 0) is 9.53 Å². The second-order valence-corrected chi connectivity index (χ2v) is 4.11. The minimum atomic E-state index is -0.263. The monoisotopic (exact) mass is 273 g/mol. The zero-order valence-corrected chi connectivity index (χ0v) is 12.0. The molecule has 18 heavy (non-hydrogen) atoms. The third kappa shape index (κ3) is 4.55. The SMILES string of the molecule is COC(=O)[C@H](CN(C)C)c1ccc(OC)cc1.Cl. The second kappa shape index (κ2) is 7.95. The van der Waals surface area contributed by atoms with Gasteiger partial charge in [-0.3, -0.25) is 4.79 Å². The van der Waals surface area contributed by atoms with Crippen molar-refractivity contribution in [2.24, 2.45) is 0 Å². The van der Waals surface area contributed by atoms with Crippen molar-refractivity contribution in [3.63, 3.8) is 0 Å². The van der Waals surface area contributed by atoms with Gasteiger partial charge in [-0.15, -0.1) is 12.4 Å². The van der Waals surface area contributed by atoms with Crippen LogP contribution in [0.25, 0.3) is 0 Å². The maximum Gasteiger partial charge on any atom is 0.314 e. The van der Waals surface area contributed by atoms with Gasteiger partial charge < -0.3 is 14.4 Å². The Morgan fingerprint density at radius 1 is 1.22 bits per heavy atom. The van der Waals surface area contributed by atoms with Gasteiger partial charge in [-0.1, -0.05) is 12.1 Å². The van der Waals surface area contributed by atoms with Crippen molar-refractivity contribution in [3.8, 4) is 5.75 Å². The lowest BCUT2D eigenvalue weighted by molar-refractivity contribution is -0.142.